The summed E-state index contributed by atoms with van der Waals surface area (Å²) in [5.41, 5.74) is 0. The van der Waals surface area contributed by atoms with Crippen molar-refractivity contribution < 1.29 is 14.3 Å². The van der Waals surface area contributed by atoms with Crippen LogP contribution in [0.5, 0.6) is 5.75 Å². The molecule has 0 unspecified atom stereocenters. The Morgan fingerprint density at radius 1 is 1.40 bits per heavy atom. The van der Waals surface area contributed by atoms with E-state index in [9.17, 15) is 4.79 Å². The van der Waals surface area contributed by atoms with Crippen LogP contribution in [0, 0.1) is 0 Å². The summed E-state index contributed by atoms with van der Waals surface area (Å²) in [6, 6.07) is 1.94. The SMILES string of the molecule is CCOC(=O)CCc1sccc1OCC. The smallest absolute Gasteiger partial charge is 0.306 e. The molecule has 1 rings (SSSR count). The van der Waals surface area contributed by atoms with Gasteiger partial charge < -0.3 is 9.47 Å². The Kier molecular flexibility index (Phi) is 5.18. The minimum atomic E-state index is -0.145. The van der Waals surface area contributed by atoms with E-state index >= 15 is 0 Å². The quantitative estimate of drug-likeness (QED) is 0.702. The lowest BCUT2D eigenvalue weighted by atomic mass is 10.2. The van der Waals surface area contributed by atoms with Crippen molar-refractivity contribution in [2.75, 3.05) is 13.2 Å². The van der Waals surface area contributed by atoms with Crippen molar-refractivity contribution in [2.24, 2.45) is 0 Å². The summed E-state index contributed by atoms with van der Waals surface area (Å²) in [7, 11) is 0. The molecule has 1 heterocycles. The Hall–Kier alpha value is -1.03. The van der Waals surface area contributed by atoms with Gasteiger partial charge in [-0.1, -0.05) is 0 Å². The monoisotopic (exact) mass is 228 g/mol. The molecule has 1 aromatic heterocycles. The summed E-state index contributed by atoms with van der Waals surface area (Å²) in [6.07, 6.45) is 1.13. The molecule has 0 bridgehead atoms. The van der Waals surface area contributed by atoms with Gasteiger partial charge in [0.15, 0.2) is 0 Å². The molecule has 0 saturated heterocycles. The van der Waals surface area contributed by atoms with E-state index in [1.54, 1.807) is 11.3 Å². The zero-order valence-electron chi connectivity index (χ0n) is 9.12. The van der Waals surface area contributed by atoms with E-state index in [-0.39, 0.29) is 5.97 Å². The predicted octanol–water partition coefficient (Wildman–Crippen LogP) is 2.64. The number of rotatable bonds is 6. The van der Waals surface area contributed by atoms with E-state index in [0.29, 0.717) is 26.1 Å². The molecule has 0 aromatic carbocycles. The molecule has 0 atom stereocenters. The molecule has 0 aliphatic carbocycles. The number of hydrogen-bond acceptors (Lipinski definition) is 4. The van der Waals surface area contributed by atoms with E-state index in [4.69, 9.17) is 9.47 Å². The van der Waals surface area contributed by atoms with Crippen LogP contribution in [0.15, 0.2) is 11.4 Å². The lowest BCUT2D eigenvalue weighted by molar-refractivity contribution is -0.143. The Bertz CT molecular complexity index is 307. The van der Waals surface area contributed by atoms with Crippen molar-refractivity contribution in [1.29, 1.82) is 0 Å². The standard InChI is InChI=1S/C11H16O3S/c1-3-13-9-7-8-15-10(9)5-6-11(12)14-4-2/h7-8H,3-6H2,1-2H3. The third kappa shape index (κ3) is 3.91. The van der Waals surface area contributed by atoms with Gasteiger partial charge in [-0.2, -0.15) is 0 Å². The summed E-state index contributed by atoms with van der Waals surface area (Å²) in [5, 5.41) is 1.98. The van der Waals surface area contributed by atoms with Gasteiger partial charge in [0, 0.05) is 4.88 Å². The molecule has 0 fully saturated rings. The number of carbonyl (C=O) groups is 1. The first kappa shape index (κ1) is 12.0. The maximum Gasteiger partial charge on any atom is 0.306 e. The van der Waals surface area contributed by atoms with Gasteiger partial charge in [0.2, 0.25) is 0 Å². The number of ether oxygens (including phenoxy) is 2. The van der Waals surface area contributed by atoms with Crippen LogP contribution in [-0.4, -0.2) is 19.2 Å². The van der Waals surface area contributed by atoms with Crippen molar-refractivity contribution in [1.82, 2.24) is 0 Å². The fraction of sp³-hybridized carbons (Fsp3) is 0.545. The highest BCUT2D eigenvalue weighted by Gasteiger charge is 2.08. The first-order chi connectivity index (χ1) is 7.27. The molecule has 15 heavy (non-hydrogen) atoms. The first-order valence-corrected chi connectivity index (χ1v) is 6.00. The molecule has 0 saturated carbocycles. The van der Waals surface area contributed by atoms with Gasteiger partial charge in [-0.15, -0.1) is 11.3 Å². The van der Waals surface area contributed by atoms with Gasteiger partial charge in [-0.05, 0) is 31.7 Å². The van der Waals surface area contributed by atoms with Crippen molar-refractivity contribution in [3.05, 3.63) is 16.3 Å². The van der Waals surface area contributed by atoms with Gasteiger partial charge in [-0.3, -0.25) is 4.79 Å². The second-order valence-corrected chi connectivity index (χ2v) is 3.95. The first-order valence-electron chi connectivity index (χ1n) is 5.12. The van der Waals surface area contributed by atoms with Crippen molar-refractivity contribution in [2.45, 2.75) is 26.7 Å². The van der Waals surface area contributed by atoms with E-state index in [0.717, 1.165) is 10.6 Å². The molecule has 0 amide bonds. The van der Waals surface area contributed by atoms with E-state index in [1.807, 2.05) is 25.3 Å². The molecule has 0 spiro atoms. The zero-order valence-corrected chi connectivity index (χ0v) is 9.93. The molecule has 84 valence electrons. The number of carbonyl (C=O) groups excluding carboxylic acids is 1. The highest BCUT2D eigenvalue weighted by Crippen LogP contribution is 2.26. The maximum atomic E-state index is 11.1. The van der Waals surface area contributed by atoms with Crippen LogP contribution >= 0.6 is 11.3 Å². The summed E-state index contributed by atoms with van der Waals surface area (Å²) in [5.74, 6) is 0.750. The Morgan fingerprint density at radius 3 is 2.87 bits per heavy atom. The second-order valence-electron chi connectivity index (χ2n) is 2.95. The molecular formula is C11H16O3S. The normalized spacial score (nSPS) is 10.0. The predicted molar refractivity (Wildman–Crippen MR) is 60.4 cm³/mol. The zero-order chi connectivity index (χ0) is 11.1. The van der Waals surface area contributed by atoms with Crippen LogP contribution in [0.25, 0.3) is 0 Å². The molecule has 0 aliphatic rings. The lowest BCUT2D eigenvalue weighted by Gasteiger charge is -2.04. The average molecular weight is 228 g/mol. The summed E-state index contributed by atoms with van der Waals surface area (Å²) in [6.45, 7) is 4.87. The van der Waals surface area contributed by atoms with Gasteiger partial charge >= 0.3 is 5.97 Å². The van der Waals surface area contributed by atoms with Crippen LogP contribution < -0.4 is 4.74 Å². The van der Waals surface area contributed by atoms with Crippen LogP contribution in [0.2, 0.25) is 0 Å². The average Bonchev–Trinajstić information content (AvgIpc) is 2.64. The minimum absolute atomic E-state index is 0.145. The fourth-order valence-corrected chi connectivity index (χ4v) is 2.06. The van der Waals surface area contributed by atoms with Crippen LogP contribution in [-0.2, 0) is 16.0 Å². The number of esters is 1. The van der Waals surface area contributed by atoms with Crippen molar-refractivity contribution >= 4 is 17.3 Å². The summed E-state index contributed by atoms with van der Waals surface area (Å²) >= 11 is 1.62. The molecule has 0 aliphatic heterocycles. The highest BCUT2D eigenvalue weighted by atomic mass is 32.1. The Morgan fingerprint density at radius 2 is 2.20 bits per heavy atom. The number of aryl methyl sites for hydroxylation is 1. The van der Waals surface area contributed by atoms with Gasteiger partial charge in [-0.25, -0.2) is 0 Å². The minimum Gasteiger partial charge on any atom is -0.493 e. The Labute approximate surface area is 94.0 Å². The van der Waals surface area contributed by atoms with Crippen molar-refractivity contribution in [3.8, 4) is 5.75 Å². The molecule has 1 aromatic rings. The molecule has 4 heteroatoms. The third-order valence-corrected chi connectivity index (χ3v) is 2.83. The van der Waals surface area contributed by atoms with Crippen molar-refractivity contribution in [3.63, 3.8) is 0 Å². The Balaban J connectivity index is 2.42. The van der Waals surface area contributed by atoms with Gasteiger partial charge in [0.25, 0.3) is 0 Å². The summed E-state index contributed by atoms with van der Waals surface area (Å²) < 4.78 is 10.3. The van der Waals surface area contributed by atoms with Crippen LogP contribution in [0.3, 0.4) is 0 Å². The topological polar surface area (TPSA) is 35.5 Å². The fourth-order valence-electron chi connectivity index (χ4n) is 1.24. The third-order valence-electron chi connectivity index (χ3n) is 1.87. The van der Waals surface area contributed by atoms with Crippen LogP contribution in [0.1, 0.15) is 25.1 Å². The van der Waals surface area contributed by atoms with Gasteiger partial charge in [0.1, 0.15) is 5.75 Å². The van der Waals surface area contributed by atoms with E-state index < -0.39 is 0 Å². The molecule has 0 radical (unpaired) electrons. The van der Waals surface area contributed by atoms with E-state index in [1.165, 1.54) is 0 Å². The molecule has 0 N–H and O–H groups in total. The molecule has 3 nitrogen and oxygen atoms in total. The maximum absolute atomic E-state index is 11.1. The van der Waals surface area contributed by atoms with Gasteiger partial charge in [0.05, 0.1) is 19.6 Å². The highest BCUT2D eigenvalue weighted by molar-refractivity contribution is 7.10. The van der Waals surface area contributed by atoms with E-state index in [2.05, 4.69) is 0 Å². The largest absolute Gasteiger partial charge is 0.493 e. The summed E-state index contributed by atoms with van der Waals surface area (Å²) in [4.78, 5) is 12.3. The second kappa shape index (κ2) is 6.45. The van der Waals surface area contributed by atoms with Crippen LogP contribution in [0.4, 0.5) is 0 Å². The number of thiophene rings is 1. The lowest BCUT2D eigenvalue weighted by Crippen LogP contribution is -2.05. The molecular weight excluding hydrogens is 212 g/mol. The number of hydrogen-bond donors (Lipinski definition) is 0.